The minimum absolute atomic E-state index is 0.197. The van der Waals surface area contributed by atoms with E-state index in [4.69, 9.17) is 10.2 Å². The van der Waals surface area contributed by atoms with E-state index in [1.807, 2.05) is 19.1 Å². The largest absolute Gasteiger partial charge is 0.465 e. The van der Waals surface area contributed by atoms with E-state index in [2.05, 4.69) is 0 Å². The Labute approximate surface area is 125 Å². The van der Waals surface area contributed by atoms with Crippen LogP contribution in [-0.4, -0.2) is 19.8 Å². The van der Waals surface area contributed by atoms with Crippen molar-refractivity contribution in [3.05, 3.63) is 53.0 Å². The van der Waals surface area contributed by atoms with Crippen LogP contribution in [0.4, 0.5) is 0 Å². The number of hydrogen-bond donors (Lipinski definition) is 1. The summed E-state index contributed by atoms with van der Waals surface area (Å²) in [6.07, 6.45) is 0. The van der Waals surface area contributed by atoms with E-state index < -0.39 is 10.0 Å². The van der Waals surface area contributed by atoms with Crippen LogP contribution in [0.25, 0.3) is 0 Å². The van der Waals surface area contributed by atoms with Gasteiger partial charge < -0.3 is 10.2 Å². The van der Waals surface area contributed by atoms with Crippen LogP contribution in [0.15, 0.2) is 39.6 Å². The summed E-state index contributed by atoms with van der Waals surface area (Å²) in [6, 6.07) is 8.85. The highest BCUT2D eigenvalue weighted by molar-refractivity contribution is 7.89. The van der Waals surface area contributed by atoms with Crippen molar-refractivity contribution in [3.8, 4) is 0 Å². The molecule has 6 heteroatoms. The van der Waals surface area contributed by atoms with Crippen molar-refractivity contribution < 1.29 is 12.8 Å². The van der Waals surface area contributed by atoms with Gasteiger partial charge in [-0.15, -0.1) is 0 Å². The van der Waals surface area contributed by atoms with Gasteiger partial charge in [-0.1, -0.05) is 12.1 Å². The first-order valence-electron chi connectivity index (χ1n) is 6.66. The van der Waals surface area contributed by atoms with Gasteiger partial charge in [-0.2, -0.15) is 4.31 Å². The molecule has 0 radical (unpaired) electrons. The Morgan fingerprint density at radius 2 is 1.90 bits per heavy atom. The molecule has 21 heavy (non-hydrogen) atoms. The maximum Gasteiger partial charge on any atom is 0.243 e. The zero-order chi connectivity index (χ0) is 15.6. The summed E-state index contributed by atoms with van der Waals surface area (Å²) >= 11 is 0. The van der Waals surface area contributed by atoms with Gasteiger partial charge in [0, 0.05) is 13.6 Å². The van der Waals surface area contributed by atoms with Gasteiger partial charge in [-0.3, -0.25) is 0 Å². The molecule has 5 nitrogen and oxygen atoms in total. The van der Waals surface area contributed by atoms with Crippen molar-refractivity contribution in [1.82, 2.24) is 4.31 Å². The molecule has 0 spiro atoms. The van der Waals surface area contributed by atoms with Crippen LogP contribution in [0.3, 0.4) is 0 Å². The highest BCUT2D eigenvalue weighted by Crippen LogP contribution is 2.22. The number of nitrogens with zero attached hydrogens (tertiary/aromatic N) is 1. The zero-order valence-corrected chi connectivity index (χ0v) is 13.3. The Balaban J connectivity index is 2.32. The van der Waals surface area contributed by atoms with E-state index in [0.717, 1.165) is 11.3 Å². The highest BCUT2D eigenvalue weighted by atomic mass is 32.2. The van der Waals surface area contributed by atoms with Crippen LogP contribution in [-0.2, 0) is 23.1 Å². The molecule has 2 aromatic rings. The van der Waals surface area contributed by atoms with Crippen molar-refractivity contribution >= 4 is 10.0 Å². The van der Waals surface area contributed by atoms with Crippen LogP contribution in [0.2, 0.25) is 0 Å². The lowest BCUT2D eigenvalue weighted by Crippen LogP contribution is -2.27. The maximum absolute atomic E-state index is 12.7. The van der Waals surface area contributed by atoms with E-state index in [1.165, 1.54) is 4.31 Å². The SMILES string of the molecule is Cc1ccc(CN(C)S(=O)(=O)c2cc(CN)ccc2C)o1. The topological polar surface area (TPSA) is 76.5 Å². The third kappa shape index (κ3) is 3.34. The molecule has 0 aliphatic heterocycles. The summed E-state index contributed by atoms with van der Waals surface area (Å²) in [5, 5.41) is 0. The summed E-state index contributed by atoms with van der Waals surface area (Å²) < 4.78 is 32.1. The van der Waals surface area contributed by atoms with Gasteiger partial charge in [-0.05, 0) is 43.2 Å². The second-order valence-electron chi connectivity index (χ2n) is 5.08. The van der Waals surface area contributed by atoms with E-state index in [9.17, 15) is 8.42 Å². The second-order valence-corrected chi connectivity index (χ2v) is 7.09. The molecule has 1 heterocycles. The predicted octanol–water partition coefficient (Wildman–Crippen LogP) is 2.18. The molecule has 0 unspecified atom stereocenters. The van der Waals surface area contributed by atoms with Gasteiger partial charge in [0.2, 0.25) is 10.0 Å². The molecule has 114 valence electrons. The van der Waals surface area contributed by atoms with Crippen LogP contribution in [0, 0.1) is 13.8 Å². The number of sulfonamides is 1. The monoisotopic (exact) mass is 308 g/mol. The lowest BCUT2D eigenvalue weighted by Gasteiger charge is -2.18. The van der Waals surface area contributed by atoms with Crippen molar-refractivity contribution in [3.63, 3.8) is 0 Å². The van der Waals surface area contributed by atoms with E-state index >= 15 is 0 Å². The average molecular weight is 308 g/mol. The Hall–Kier alpha value is -1.63. The van der Waals surface area contributed by atoms with Crippen molar-refractivity contribution in [1.29, 1.82) is 0 Å². The van der Waals surface area contributed by atoms with Gasteiger partial charge in [0.25, 0.3) is 0 Å². The smallest absolute Gasteiger partial charge is 0.243 e. The summed E-state index contributed by atoms with van der Waals surface area (Å²) in [7, 11) is -2.03. The second kappa shape index (κ2) is 6.01. The molecule has 1 aromatic heterocycles. The van der Waals surface area contributed by atoms with E-state index in [-0.39, 0.29) is 11.4 Å². The predicted molar refractivity (Wildman–Crippen MR) is 81.2 cm³/mol. The maximum atomic E-state index is 12.7. The molecular weight excluding hydrogens is 288 g/mol. The van der Waals surface area contributed by atoms with Gasteiger partial charge in [-0.25, -0.2) is 8.42 Å². The van der Waals surface area contributed by atoms with Gasteiger partial charge >= 0.3 is 0 Å². The molecule has 0 atom stereocenters. The fourth-order valence-electron chi connectivity index (χ4n) is 2.09. The minimum Gasteiger partial charge on any atom is -0.465 e. The normalized spacial score (nSPS) is 12.0. The molecule has 1 aromatic carbocycles. The van der Waals surface area contributed by atoms with Gasteiger partial charge in [0.05, 0.1) is 11.4 Å². The third-order valence-corrected chi connectivity index (χ3v) is 5.30. The Morgan fingerprint density at radius 1 is 1.19 bits per heavy atom. The number of benzene rings is 1. The Morgan fingerprint density at radius 3 is 2.48 bits per heavy atom. The molecule has 0 aliphatic rings. The number of hydrogen-bond acceptors (Lipinski definition) is 4. The lowest BCUT2D eigenvalue weighted by atomic mass is 10.1. The van der Waals surface area contributed by atoms with Gasteiger partial charge in [0.1, 0.15) is 11.5 Å². The molecular formula is C15H20N2O3S. The zero-order valence-electron chi connectivity index (χ0n) is 12.5. The van der Waals surface area contributed by atoms with Crippen LogP contribution in [0.5, 0.6) is 0 Å². The standard InChI is InChI=1S/C15H20N2O3S/c1-11-4-6-13(9-16)8-15(11)21(18,19)17(3)10-14-7-5-12(2)20-14/h4-8H,9-10,16H2,1-3H3. The first-order valence-corrected chi connectivity index (χ1v) is 8.10. The molecule has 0 aliphatic carbocycles. The van der Waals surface area contributed by atoms with Crippen molar-refractivity contribution in [2.24, 2.45) is 5.73 Å². The first kappa shape index (κ1) is 15.8. The summed E-state index contributed by atoms with van der Waals surface area (Å²) in [4.78, 5) is 0.288. The molecule has 0 amide bonds. The third-order valence-electron chi connectivity index (χ3n) is 3.35. The van der Waals surface area contributed by atoms with Gasteiger partial charge in [0.15, 0.2) is 0 Å². The Bertz CT molecular complexity index is 735. The summed E-state index contributed by atoms with van der Waals surface area (Å²) in [6.45, 7) is 4.11. The fraction of sp³-hybridized carbons (Fsp3) is 0.333. The molecule has 0 saturated carbocycles. The molecule has 0 saturated heterocycles. The number of nitrogens with two attached hydrogens (primary N) is 1. The first-order chi connectivity index (χ1) is 9.84. The quantitative estimate of drug-likeness (QED) is 0.918. The van der Waals surface area contributed by atoms with Crippen molar-refractivity contribution in [2.75, 3.05) is 7.05 Å². The number of aryl methyl sites for hydroxylation is 2. The lowest BCUT2D eigenvalue weighted by molar-refractivity contribution is 0.397. The minimum atomic E-state index is -3.57. The van der Waals surface area contributed by atoms with Crippen LogP contribution in [0.1, 0.15) is 22.6 Å². The van der Waals surface area contributed by atoms with E-state index in [0.29, 0.717) is 17.9 Å². The molecule has 2 rings (SSSR count). The summed E-state index contributed by atoms with van der Waals surface area (Å²) in [5.41, 5.74) is 7.09. The fourth-order valence-corrected chi connectivity index (χ4v) is 3.50. The van der Waals surface area contributed by atoms with Crippen LogP contribution < -0.4 is 5.73 Å². The number of rotatable bonds is 5. The van der Waals surface area contributed by atoms with Crippen molar-refractivity contribution in [2.45, 2.75) is 31.8 Å². The highest BCUT2D eigenvalue weighted by Gasteiger charge is 2.24. The molecule has 0 fully saturated rings. The molecule has 2 N–H and O–H groups in total. The van der Waals surface area contributed by atoms with Crippen LogP contribution >= 0.6 is 0 Å². The molecule has 0 bridgehead atoms. The number of furan rings is 1. The Kier molecular flexibility index (Phi) is 4.51. The average Bonchev–Trinajstić information content (AvgIpc) is 2.84. The summed E-state index contributed by atoms with van der Waals surface area (Å²) in [5.74, 6) is 1.38. The van der Waals surface area contributed by atoms with E-state index in [1.54, 1.807) is 32.2 Å².